The maximum Gasteiger partial charge on any atom is 0.410 e. The first-order chi connectivity index (χ1) is 17.4. The van der Waals surface area contributed by atoms with Gasteiger partial charge in [-0.15, -0.1) is 11.3 Å². The molecule has 1 aliphatic rings. The molecule has 3 amide bonds. The van der Waals surface area contributed by atoms with Gasteiger partial charge in [-0.2, -0.15) is 0 Å². The van der Waals surface area contributed by atoms with Gasteiger partial charge in [-0.1, -0.05) is 42.5 Å². The van der Waals surface area contributed by atoms with Gasteiger partial charge in [-0.3, -0.25) is 14.8 Å². The van der Waals surface area contributed by atoms with Gasteiger partial charge in [0.15, 0.2) is 0 Å². The van der Waals surface area contributed by atoms with Crippen molar-refractivity contribution < 1.29 is 28.7 Å². The number of likely N-dealkylation sites (tertiary alicyclic amines) is 1. The Kier molecular flexibility index (Phi) is 7.97. The fourth-order valence-corrected chi connectivity index (χ4v) is 5.06. The number of rotatable bonds is 7. The Hall–Kier alpha value is -3.76. The number of carbonyl (C=O) groups is 3. The molecule has 1 aromatic heterocycles. The lowest BCUT2D eigenvalue weighted by Gasteiger charge is -2.41. The first kappa shape index (κ1) is 25.3. The van der Waals surface area contributed by atoms with Crippen LogP contribution in [0.25, 0.3) is 10.4 Å². The summed E-state index contributed by atoms with van der Waals surface area (Å²) in [5.41, 5.74) is 2.35. The molecule has 0 aliphatic carbocycles. The van der Waals surface area contributed by atoms with Crippen LogP contribution in [0.3, 0.4) is 0 Å². The van der Waals surface area contributed by atoms with Gasteiger partial charge in [0.1, 0.15) is 12.4 Å². The van der Waals surface area contributed by atoms with Crippen LogP contribution < -0.4 is 10.8 Å². The summed E-state index contributed by atoms with van der Waals surface area (Å²) >= 11 is 1.25. The highest BCUT2D eigenvalue weighted by atomic mass is 32.1. The van der Waals surface area contributed by atoms with E-state index in [0.717, 1.165) is 16.0 Å². The van der Waals surface area contributed by atoms with Gasteiger partial charge < -0.3 is 15.0 Å². The molecule has 0 unspecified atom stereocenters. The molecule has 1 aliphatic heterocycles. The summed E-state index contributed by atoms with van der Waals surface area (Å²) < 4.78 is 18.6. The number of carbonyl (C=O) groups excluding carboxylic acids is 3. The standard InChI is InChI=1S/C26H26FN3O5S/c27-20-8-6-19(7-9-20)21-10-11-22(36-21)24(32)28-26(16-23(31)29-34)12-14-30(15-13-26)25(33)35-17-18-4-2-1-3-5-18/h1-11,34H,12-17H2,(H,28,32)(H,29,31). The van der Waals surface area contributed by atoms with E-state index < -0.39 is 17.5 Å². The summed E-state index contributed by atoms with van der Waals surface area (Å²) in [6, 6.07) is 18.8. The molecule has 0 saturated carbocycles. The molecular formula is C26H26FN3O5S. The third kappa shape index (κ3) is 6.27. The molecule has 0 radical (unpaired) electrons. The van der Waals surface area contributed by atoms with Gasteiger partial charge in [0.2, 0.25) is 5.91 Å². The second kappa shape index (κ2) is 11.3. The van der Waals surface area contributed by atoms with Crippen LogP contribution in [0.4, 0.5) is 9.18 Å². The minimum Gasteiger partial charge on any atom is -0.445 e. The molecule has 1 fully saturated rings. The number of benzene rings is 2. The smallest absolute Gasteiger partial charge is 0.410 e. The van der Waals surface area contributed by atoms with Crippen molar-refractivity contribution in [3.63, 3.8) is 0 Å². The van der Waals surface area contributed by atoms with Gasteiger partial charge in [0, 0.05) is 18.0 Å². The predicted molar refractivity (Wildman–Crippen MR) is 132 cm³/mol. The Morgan fingerprint density at radius 2 is 1.69 bits per heavy atom. The third-order valence-electron chi connectivity index (χ3n) is 6.14. The second-order valence-electron chi connectivity index (χ2n) is 8.64. The van der Waals surface area contributed by atoms with Crippen molar-refractivity contribution in [3.8, 4) is 10.4 Å². The van der Waals surface area contributed by atoms with Gasteiger partial charge in [-0.25, -0.2) is 14.7 Å². The topological polar surface area (TPSA) is 108 Å². The van der Waals surface area contributed by atoms with Crippen molar-refractivity contribution in [2.75, 3.05) is 13.1 Å². The molecule has 2 aromatic carbocycles. The van der Waals surface area contributed by atoms with Crippen LogP contribution in [0.2, 0.25) is 0 Å². The number of thiophene rings is 1. The third-order valence-corrected chi connectivity index (χ3v) is 7.28. The molecule has 2 heterocycles. The first-order valence-electron chi connectivity index (χ1n) is 11.4. The maximum absolute atomic E-state index is 13.2. The molecule has 3 N–H and O–H groups in total. The van der Waals surface area contributed by atoms with Gasteiger partial charge in [0.25, 0.3) is 5.91 Å². The molecule has 8 nitrogen and oxygen atoms in total. The number of piperidine rings is 1. The van der Waals surface area contributed by atoms with Crippen molar-refractivity contribution in [2.24, 2.45) is 0 Å². The van der Waals surface area contributed by atoms with E-state index in [1.54, 1.807) is 34.6 Å². The number of nitrogens with one attached hydrogen (secondary N) is 2. The summed E-state index contributed by atoms with van der Waals surface area (Å²) in [4.78, 5) is 40.5. The zero-order chi connectivity index (χ0) is 25.5. The Bertz CT molecular complexity index is 1210. The summed E-state index contributed by atoms with van der Waals surface area (Å²) in [5.74, 6) is -1.33. The fraction of sp³-hybridized carbons (Fsp3) is 0.269. The molecule has 36 heavy (non-hydrogen) atoms. The average molecular weight is 512 g/mol. The summed E-state index contributed by atoms with van der Waals surface area (Å²) in [5, 5.41) is 12.0. The molecule has 0 atom stereocenters. The number of hydroxylamine groups is 1. The Labute approximate surface area is 211 Å². The predicted octanol–water partition coefficient (Wildman–Crippen LogP) is 4.35. The van der Waals surface area contributed by atoms with E-state index in [1.807, 2.05) is 30.3 Å². The Morgan fingerprint density at radius 1 is 1.00 bits per heavy atom. The molecule has 3 aromatic rings. The van der Waals surface area contributed by atoms with Crippen molar-refractivity contribution in [3.05, 3.63) is 83.0 Å². The van der Waals surface area contributed by atoms with Crippen molar-refractivity contribution in [2.45, 2.75) is 31.4 Å². The largest absolute Gasteiger partial charge is 0.445 e. The van der Waals surface area contributed by atoms with Crippen LogP contribution >= 0.6 is 11.3 Å². The normalized spacial score (nSPS) is 14.7. The molecule has 188 valence electrons. The Balaban J connectivity index is 1.40. The number of nitrogens with zero attached hydrogens (tertiary/aromatic N) is 1. The quantitative estimate of drug-likeness (QED) is 0.323. The van der Waals surface area contributed by atoms with Crippen molar-refractivity contribution >= 4 is 29.2 Å². The van der Waals surface area contributed by atoms with Gasteiger partial charge >= 0.3 is 6.09 Å². The highest BCUT2D eigenvalue weighted by Gasteiger charge is 2.39. The maximum atomic E-state index is 13.2. The number of halogens is 1. The zero-order valence-electron chi connectivity index (χ0n) is 19.4. The molecule has 10 heteroatoms. The van der Waals surface area contributed by atoms with Crippen molar-refractivity contribution in [1.29, 1.82) is 0 Å². The van der Waals surface area contributed by atoms with Crippen LogP contribution in [0, 0.1) is 5.82 Å². The zero-order valence-corrected chi connectivity index (χ0v) is 20.2. The SMILES string of the molecule is O=C(CC1(NC(=O)c2ccc(-c3ccc(F)cc3)s2)CCN(C(=O)OCc2ccccc2)CC1)NO. The minimum absolute atomic E-state index is 0.141. The number of ether oxygens (including phenoxy) is 1. The number of hydrogen-bond donors (Lipinski definition) is 3. The van der Waals surface area contributed by atoms with Crippen LogP contribution in [0.1, 0.15) is 34.5 Å². The van der Waals surface area contributed by atoms with E-state index in [0.29, 0.717) is 17.7 Å². The molecular weight excluding hydrogens is 485 g/mol. The van der Waals surface area contributed by atoms with E-state index in [4.69, 9.17) is 9.94 Å². The van der Waals surface area contributed by atoms with E-state index in [2.05, 4.69) is 5.32 Å². The Morgan fingerprint density at radius 3 is 2.36 bits per heavy atom. The molecule has 1 saturated heterocycles. The van der Waals surface area contributed by atoms with Gasteiger partial charge in [0.05, 0.1) is 16.8 Å². The van der Waals surface area contributed by atoms with Crippen LogP contribution in [0.15, 0.2) is 66.7 Å². The molecule has 0 bridgehead atoms. The van der Waals surface area contributed by atoms with E-state index in [9.17, 15) is 18.8 Å². The second-order valence-corrected chi connectivity index (χ2v) is 9.73. The van der Waals surface area contributed by atoms with E-state index in [-0.39, 0.29) is 37.8 Å². The molecule has 0 spiro atoms. The lowest BCUT2D eigenvalue weighted by atomic mass is 9.84. The average Bonchev–Trinajstić information content (AvgIpc) is 3.39. The fourth-order valence-electron chi connectivity index (χ4n) is 4.15. The summed E-state index contributed by atoms with van der Waals surface area (Å²) in [6.07, 6.45) is 0.0109. The van der Waals surface area contributed by atoms with E-state index >= 15 is 0 Å². The van der Waals surface area contributed by atoms with Crippen LogP contribution in [-0.4, -0.2) is 46.6 Å². The van der Waals surface area contributed by atoms with Crippen LogP contribution in [0.5, 0.6) is 0 Å². The highest BCUT2D eigenvalue weighted by Crippen LogP contribution is 2.31. The summed E-state index contributed by atoms with van der Waals surface area (Å²) in [6.45, 7) is 0.704. The van der Waals surface area contributed by atoms with Crippen molar-refractivity contribution in [1.82, 2.24) is 15.7 Å². The number of amides is 3. The summed E-state index contributed by atoms with van der Waals surface area (Å²) in [7, 11) is 0. The first-order valence-corrected chi connectivity index (χ1v) is 12.3. The number of hydrogen-bond acceptors (Lipinski definition) is 6. The van der Waals surface area contributed by atoms with Gasteiger partial charge in [-0.05, 0) is 48.2 Å². The lowest BCUT2D eigenvalue weighted by molar-refractivity contribution is -0.131. The lowest BCUT2D eigenvalue weighted by Crippen LogP contribution is -2.57. The monoisotopic (exact) mass is 511 g/mol. The van der Waals surface area contributed by atoms with E-state index in [1.165, 1.54) is 23.5 Å². The molecule has 4 rings (SSSR count). The minimum atomic E-state index is -0.944. The highest BCUT2D eigenvalue weighted by molar-refractivity contribution is 7.17. The van der Waals surface area contributed by atoms with Crippen LogP contribution in [-0.2, 0) is 16.1 Å².